The highest BCUT2D eigenvalue weighted by Crippen LogP contribution is 2.31. The molecule has 4 rings (SSSR count). The summed E-state index contributed by atoms with van der Waals surface area (Å²) in [5, 5.41) is 1.23. The van der Waals surface area contributed by atoms with Gasteiger partial charge in [-0.05, 0) is 43.2 Å². The molecule has 0 saturated heterocycles. The van der Waals surface area contributed by atoms with Crippen LogP contribution in [0.2, 0.25) is 0 Å². The van der Waals surface area contributed by atoms with Gasteiger partial charge in [-0.2, -0.15) is 0 Å². The van der Waals surface area contributed by atoms with Crippen molar-refractivity contribution < 1.29 is 0 Å². The summed E-state index contributed by atoms with van der Waals surface area (Å²) < 4.78 is 5.58. The number of rotatable bonds is 4. The van der Waals surface area contributed by atoms with Crippen LogP contribution in [0, 0.1) is 0 Å². The third-order valence-electron chi connectivity index (χ3n) is 4.88. The molecular weight excluding hydrogens is 352 g/mol. The van der Waals surface area contributed by atoms with Crippen molar-refractivity contribution in [2.75, 3.05) is 0 Å². The number of aryl methyl sites for hydroxylation is 1. The van der Waals surface area contributed by atoms with E-state index in [4.69, 9.17) is 0 Å². The minimum atomic E-state index is 0.0312. The second kappa shape index (κ2) is 7.07. The normalized spacial score (nSPS) is 13.9. The lowest BCUT2D eigenvalue weighted by molar-refractivity contribution is 0.698. The van der Waals surface area contributed by atoms with Crippen LogP contribution in [0.5, 0.6) is 0 Å². The number of aromatic nitrogens is 2. The molecule has 0 N–H and O–H groups in total. The number of hydrogen-bond donors (Lipinski definition) is 0. The summed E-state index contributed by atoms with van der Waals surface area (Å²) in [6.45, 7) is 9.77. The van der Waals surface area contributed by atoms with Crippen molar-refractivity contribution in [1.82, 2.24) is 9.13 Å². The van der Waals surface area contributed by atoms with Crippen LogP contribution in [0.15, 0.2) is 46.4 Å². The fourth-order valence-electron chi connectivity index (χ4n) is 3.66. The molecule has 0 unspecified atom stereocenters. The standard InChI is InChI=1S/C23H22N2OS/c1-4-13-25-20-11-7-6-10-18(20)19-14-17(9-8-12-21(19)25)15-22-23(26)24(5-2)16(3)27-22/h6-7,9-12,14-15H,3-5,13H2,1-2H3/b22-15+. The topological polar surface area (TPSA) is 26.9 Å². The smallest absolute Gasteiger partial charge is 0.269 e. The van der Waals surface area contributed by atoms with Gasteiger partial charge in [0.05, 0.1) is 14.9 Å². The molecule has 1 aromatic carbocycles. The zero-order chi connectivity index (χ0) is 19.0. The van der Waals surface area contributed by atoms with E-state index < -0.39 is 0 Å². The van der Waals surface area contributed by atoms with Crippen molar-refractivity contribution >= 4 is 47.0 Å². The summed E-state index contributed by atoms with van der Waals surface area (Å²) in [5.74, 6) is 0. The molecule has 1 aliphatic rings. The van der Waals surface area contributed by atoms with E-state index in [0.717, 1.165) is 23.2 Å². The Morgan fingerprint density at radius 3 is 2.74 bits per heavy atom. The first-order valence-electron chi connectivity index (χ1n) is 9.29. The van der Waals surface area contributed by atoms with Gasteiger partial charge in [0.1, 0.15) is 0 Å². The Morgan fingerprint density at radius 1 is 1.19 bits per heavy atom. The first-order chi connectivity index (χ1) is 13.1. The number of hydrogen-bond acceptors (Lipinski definition) is 2. The molecule has 2 heterocycles. The minimum Gasteiger partial charge on any atom is -0.340 e. The first-order valence-corrected chi connectivity index (χ1v) is 10.1. The number of para-hydroxylation sites is 1. The Kier molecular flexibility index (Phi) is 4.61. The van der Waals surface area contributed by atoms with E-state index in [-0.39, 0.29) is 5.56 Å². The summed E-state index contributed by atoms with van der Waals surface area (Å²) in [6.07, 6.45) is 9.19. The predicted octanol–water partition coefficient (Wildman–Crippen LogP) is 3.75. The zero-order valence-electron chi connectivity index (χ0n) is 15.7. The van der Waals surface area contributed by atoms with E-state index >= 15 is 0 Å². The molecule has 4 heteroatoms. The molecule has 136 valence electrons. The average Bonchev–Trinajstić information content (AvgIpc) is 2.99. The van der Waals surface area contributed by atoms with Crippen LogP contribution < -0.4 is 14.8 Å². The van der Waals surface area contributed by atoms with Gasteiger partial charge < -0.3 is 4.57 Å². The molecule has 27 heavy (non-hydrogen) atoms. The lowest BCUT2D eigenvalue weighted by atomic mass is 10.1. The largest absolute Gasteiger partial charge is 0.340 e. The second-order valence-corrected chi connectivity index (χ2v) is 7.74. The molecule has 0 spiro atoms. The van der Waals surface area contributed by atoms with Crippen molar-refractivity contribution in [3.05, 3.63) is 72.5 Å². The Balaban J connectivity index is 1.96. The van der Waals surface area contributed by atoms with Gasteiger partial charge in [0.25, 0.3) is 5.56 Å². The van der Waals surface area contributed by atoms with Crippen molar-refractivity contribution in [1.29, 1.82) is 0 Å². The molecule has 3 nitrogen and oxygen atoms in total. The Hall–Kier alpha value is -2.81. The second-order valence-electron chi connectivity index (χ2n) is 6.62. The summed E-state index contributed by atoms with van der Waals surface area (Å²) in [7, 11) is 0. The minimum absolute atomic E-state index is 0.0312. The zero-order valence-corrected chi connectivity index (χ0v) is 16.5. The molecule has 3 aromatic rings. The Labute approximate surface area is 162 Å². The van der Waals surface area contributed by atoms with E-state index in [9.17, 15) is 4.79 Å². The van der Waals surface area contributed by atoms with Crippen LogP contribution >= 0.6 is 11.3 Å². The van der Waals surface area contributed by atoms with E-state index in [0.29, 0.717) is 11.1 Å². The highest BCUT2D eigenvalue weighted by molar-refractivity contribution is 7.07. The van der Waals surface area contributed by atoms with E-state index in [1.807, 2.05) is 25.2 Å². The lowest BCUT2D eigenvalue weighted by Gasteiger charge is -2.05. The Morgan fingerprint density at radius 2 is 2.00 bits per heavy atom. The van der Waals surface area contributed by atoms with Crippen molar-refractivity contribution in [2.45, 2.75) is 33.4 Å². The lowest BCUT2D eigenvalue weighted by Crippen LogP contribution is -2.30. The molecule has 0 aliphatic heterocycles. The van der Waals surface area contributed by atoms with Crippen molar-refractivity contribution in [2.24, 2.45) is 0 Å². The van der Waals surface area contributed by atoms with Gasteiger partial charge in [0, 0.05) is 35.6 Å². The highest BCUT2D eigenvalue weighted by atomic mass is 32.1. The van der Waals surface area contributed by atoms with Crippen LogP contribution in [-0.4, -0.2) is 9.13 Å². The molecule has 0 bridgehead atoms. The number of thiazole rings is 1. The molecule has 1 aliphatic carbocycles. The van der Waals surface area contributed by atoms with Crippen LogP contribution in [0.1, 0.15) is 31.5 Å². The number of allylic oxidation sites excluding steroid dienone is 2. The maximum absolute atomic E-state index is 12.6. The van der Waals surface area contributed by atoms with E-state index in [1.54, 1.807) is 4.57 Å². The first kappa shape index (κ1) is 17.6. The summed E-state index contributed by atoms with van der Waals surface area (Å²) in [6, 6.07) is 8.49. The van der Waals surface area contributed by atoms with Gasteiger partial charge in [0.15, 0.2) is 0 Å². The average molecular weight is 375 g/mol. The fourth-order valence-corrected chi connectivity index (χ4v) is 4.63. The Bertz CT molecular complexity index is 1290. The van der Waals surface area contributed by atoms with Crippen LogP contribution in [-0.2, 0) is 13.1 Å². The van der Waals surface area contributed by atoms with Gasteiger partial charge in [-0.3, -0.25) is 9.36 Å². The number of benzene rings is 1. The SMILES string of the molecule is C=c1s/c(=C/C2=Cc3c(n(CCC)c4ccccc34)C=C=C2)c(=O)n1CC. The van der Waals surface area contributed by atoms with E-state index in [2.05, 4.69) is 54.1 Å². The maximum atomic E-state index is 12.6. The molecule has 0 fully saturated rings. The van der Waals surface area contributed by atoms with Crippen molar-refractivity contribution in [3.63, 3.8) is 0 Å². The van der Waals surface area contributed by atoms with Crippen LogP contribution in [0.25, 0.3) is 35.7 Å². The molecule has 0 saturated carbocycles. The number of nitrogens with zero attached hydrogens (tertiary/aromatic N) is 2. The molecular formula is C23H22N2OS. The highest BCUT2D eigenvalue weighted by Gasteiger charge is 2.14. The molecule has 2 aromatic heterocycles. The van der Waals surface area contributed by atoms with Gasteiger partial charge in [-0.15, -0.1) is 17.1 Å². The quantitative estimate of drug-likeness (QED) is 0.639. The van der Waals surface area contributed by atoms with Gasteiger partial charge in [0.2, 0.25) is 0 Å². The third-order valence-corrected chi connectivity index (χ3v) is 5.85. The monoisotopic (exact) mass is 374 g/mol. The fraction of sp³-hybridized carbons (Fsp3) is 0.217. The van der Waals surface area contributed by atoms with Gasteiger partial charge in [-0.1, -0.05) is 31.7 Å². The van der Waals surface area contributed by atoms with Gasteiger partial charge >= 0.3 is 0 Å². The molecule has 0 amide bonds. The molecule has 0 radical (unpaired) electrons. The molecule has 0 atom stereocenters. The van der Waals surface area contributed by atoms with Crippen LogP contribution in [0.4, 0.5) is 0 Å². The van der Waals surface area contributed by atoms with E-state index in [1.165, 1.54) is 33.5 Å². The number of fused-ring (bicyclic) bond motifs is 3. The third kappa shape index (κ3) is 2.97. The van der Waals surface area contributed by atoms with Crippen LogP contribution in [0.3, 0.4) is 0 Å². The van der Waals surface area contributed by atoms with Gasteiger partial charge in [-0.25, -0.2) is 0 Å². The summed E-state index contributed by atoms with van der Waals surface area (Å²) in [4.78, 5) is 12.6. The maximum Gasteiger partial charge on any atom is 0.269 e. The summed E-state index contributed by atoms with van der Waals surface area (Å²) >= 11 is 1.44. The summed E-state index contributed by atoms with van der Waals surface area (Å²) in [5.41, 5.74) is 7.91. The van der Waals surface area contributed by atoms with Crippen molar-refractivity contribution in [3.8, 4) is 0 Å². The predicted molar refractivity (Wildman–Crippen MR) is 116 cm³/mol.